The molecule has 0 aromatic carbocycles. The number of nitrogens with zero attached hydrogens (tertiary/aromatic N) is 6. The first kappa shape index (κ1) is 14.6. The van der Waals surface area contributed by atoms with Gasteiger partial charge in [-0.1, -0.05) is 5.16 Å². The van der Waals surface area contributed by atoms with Crippen LogP contribution < -0.4 is 0 Å². The molecule has 1 amide bonds. The second-order valence-corrected chi connectivity index (χ2v) is 5.24. The molecule has 1 aliphatic rings. The van der Waals surface area contributed by atoms with E-state index in [0.717, 1.165) is 0 Å². The molecule has 1 saturated heterocycles. The molecular weight excluding hydrogens is 288 g/mol. The third-order valence-electron chi connectivity index (χ3n) is 3.40. The fourth-order valence-electron chi connectivity index (χ4n) is 2.41. The predicted molar refractivity (Wildman–Crippen MR) is 73.9 cm³/mol. The quantitative estimate of drug-likeness (QED) is 0.818. The fraction of sp³-hybridized carbons (Fsp3) is 0.615. The van der Waals surface area contributed by atoms with Crippen molar-refractivity contribution >= 4 is 5.91 Å². The molecule has 0 bridgehead atoms. The summed E-state index contributed by atoms with van der Waals surface area (Å²) in [5.74, 6) is 0.760. The van der Waals surface area contributed by atoms with Crippen LogP contribution >= 0.6 is 0 Å². The molecule has 0 spiro atoms. The summed E-state index contributed by atoms with van der Waals surface area (Å²) in [6, 6.07) is 0. The van der Waals surface area contributed by atoms with Crippen LogP contribution in [0.25, 0.3) is 0 Å². The molecule has 9 heteroatoms. The van der Waals surface area contributed by atoms with Crippen molar-refractivity contribution in [1.82, 2.24) is 30.0 Å². The molecule has 0 saturated carbocycles. The van der Waals surface area contributed by atoms with Crippen LogP contribution in [0.3, 0.4) is 0 Å². The molecule has 3 rings (SSSR count). The van der Waals surface area contributed by atoms with Crippen LogP contribution in [0.5, 0.6) is 0 Å². The summed E-state index contributed by atoms with van der Waals surface area (Å²) >= 11 is 0. The highest BCUT2D eigenvalue weighted by Crippen LogP contribution is 2.24. The Bertz CT molecular complexity index is 666. The zero-order chi connectivity index (χ0) is 15.7. The lowest BCUT2D eigenvalue weighted by atomic mass is 10.2. The van der Waals surface area contributed by atoms with Gasteiger partial charge in [0.05, 0.1) is 25.4 Å². The number of hydrogen-bond acceptors (Lipinski definition) is 7. The average molecular weight is 306 g/mol. The molecule has 0 aliphatic carbocycles. The maximum atomic E-state index is 12.5. The van der Waals surface area contributed by atoms with Crippen molar-refractivity contribution in [1.29, 1.82) is 0 Å². The highest BCUT2D eigenvalue weighted by molar-refractivity contribution is 5.92. The minimum atomic E-state index is -0.421. The van der Waals surface area contributed by atoms with Crippen molar-refractivity contribution in [2.75, 3.05) is 13.1 Å². The molecule has 1 aliphatic heterocycles. The normalized spacial score (nSPS) is 22.0. The van der Waals surface area contributed by atoms with E-state index < -0.39 is 6.10 Å². The zero-order valence-electron chi connectivity index (χ0n) is 12.8. The molecule has 0 unspecified atom stereocenters. The van der Waals surface area contributed by atoms with E-state index >= 15 is 0 Å². The molecule has 2 aromatic rings. The summed E-state index contributed by atoms with van der Waals surface area (Å²) in [6.07, 6.45) is 0.934. The Labute approximate surface area is 127 Å². The lowest BCUT2D eigenvalue weighted by Crippen LogP contribution is -2.46. The van der Waals surface area contributed by atoms with Gasteiger partial charge in [-0.15, -0.1) is 5.10 Å². The van der Waals surface area contributed by atoms with E-state index in [1.165, 1.54) is 11.0 Å². The molecular formula is C13H18N6O3. The Morgan fingerprint density at radius 2 is 2.27 bits per heavy atom. The molecule has 0 N–H and O–H groups in total. The Morgan fingerprint density at radius 3 is 2.91 bits per heavy atom. The van der Waals surface area contributed by atoms with Crippen LogP contribution in [0.1, 0.15) is 42.2 Å². The van der Waals surface area contributed by atoms with Gasteiger partial charge in [-0.05, 0) is 20.8 Å². The van der Waals surface area contributed by atoms with Gasteiger partial charge in [0.2, 0.25) is 0 Å². The summed E-state index contributed by atoms with van der Waals surface area (Å²) in [6.45, 7) is 7.02. The zero-order valence-corrected chi connectivity index (χ0v) is 12.8. The van der Waals surface area contributed by atoms with Crippen LogP contribution in [0.2, 0.25) is 0 Å². The van der Waals surface area contributed by atoms with Crippen LogP contribution in [-0.4, -0.2) is 55.1 Å². The van der Waals surface area contributed by atoms with E-state index in [0.29, 0.717) is 37.0 Å². The molecule has 2 atom stereocenters. The molecule has 118 valence electrons. The summed E-state index contributed by atoms with van der Waals surface area (Å²) in [4.78, 5) is 19.9. The molecule has 0 radical (unpaired) electrons. The van der Waals surface area contributed by atoms with Crippen molar-refractivity contribution < 1.29 is 14.1 Å². The Hall–Kier alpha value is -2.29. The van der Waals surface area contributed by atoms with Crippen molar-refractivity contribution in [2.24, 2.45) is 0 Å². The van der Waals surface area contributed by atoms with Crippen molar-refractivity contribution in [2.45, 2.75) is 39.5 Å². The van der Waals surface area contributed by atoms with Crippen molar-refractivity contribution in [3.8, 4) is 0 Å². The van der Waals surface area contributed by atoms with Crippen LogP contribution in [0.4, 0.5) is 0 Å². The maximum Gasteiger partial charge on any atom is 0.276 e. The monoisotopic (exact) mass is 306 g/mol. The second-order valence-electron chi connectivity index (χ2n) is 5.24. The standard InChI is InChI=1S/C13H18N6O3/c1-4-19-14-5-10(16-19)13(20)18-6-8(2)21-11(7-18)12-15-9(3)17-22-12/h5,8,11H,4,6-7H2,1-3H3/t8-,11-/m1/s1. The first-order valence-corrected chi connectivity index (χ1v) is 7.22. The minimum Gasteiger partial charge on any atom is -0.362 e. The van der Waals surface area contributed by atoms with Crippen LogP contribution in [0, 0.1) is 6.92 Å². The van der Waals surface area contributed by atoms with Crippen molar-refractivity contribution in [3.05, 3.63) is 23.6 Å². The van der Waals surface area contributed by atoms with Gasteiger partial charge in [0.1, 0.15) is 0 Å². The van der Waals surface area contributed by atoms with Gasteiger partial charge in [-0.2, -0.15) is 14.9 Å². The lowest BCUT2D eigenvalue weighted by molar-refractivity contribution is -0.0811. The Balaban J connectivity index is 1.76. The van der Waals surface area contributed by atoms with E-state index in [-0.39, 0.29) is 12.0 Å². The Kier molecular flexibility index (Phi) is 3.88. The highest BCUT2D eigenvalue weighted by atomic mass is 16.5. The first-order valence-electron chi connectivity index (χ1n) is 7.22. The van der Waals surface area contributed by atoms with Crippen LogP contribution in [0.15, 0.2) is 10.7 Å². The number of amides is 1. The molecule has 9 nitrogen and oxygen atoms in total. The minimum absolute atomic E-state index is 0.129. The van der Waals surface area contributed by atoms with E-state index in [2.05, 4.69) is 20.3 Å². The maximum absolute atomic E-state index is 12.5. The van der Waals surface area contributed by atoms with E-state index in [1.54, 1.807) is 11.8 Å². The summed E-state index contributed by atoms with van der Waals surface area (Å²) in [5.41, 5.74) is 0.330. The van der Waals surface area contributed by atoms with Crippen LogP contribution in [-0.2, 0) is 11.3 Å². The average Bonchev–Trinajstić information content (AvgIpc) is 3.14. The van der Waals surface area contributed by atoms with Gasteiger partial charge in [0.15, 0.2) is 17.6 Å². The van der Waals surface area contributed by atoms with Gasteiger partial charge in [0, 0.05) is 6.54 Å². The Morgan fingerprint density at radius 1 is 1.45 bits per heavy atom. The van der Waals surface area contributed by atoms with Gasteiger partial charge < -0.3 is 14.2 Å². The summed E-state index contributed by atoms with van der Waals surface area (Å²) < 4.78 is 10.9. The molecule has 3 heterocycles. The van der Waals surface area contributed by atoms with Gasteiger partial charge >= 0.3 is 0 Å². The number of aromatic nitrogens is 5. The number of hydrogen-bond donors (Lipinski definition) is 0. The number of morpholine rings is 1. The topological polar surface area (TPSA) is 99.2 Å². The number of carbonyl (C=O) groups excluding carboxylic acids is 1. The van der Waals surface area contributed by atoms with Gasteiger partial charge in [-0.25, -0.2) is 0 Å². The molecule has 2 aromatic heterocycles. The van der Waals surface area contributed by atoms with E-state index in [1.807, 2.05) is 13.8 Å². The third-order valence-corrected chi connectivity index (χ3v) is 3.40. The smallest absolute Gasteiger partial charge is 0.276 e. The third kappa shape index (κ3) is 2.84. The summed E-state index contributed by atoms with van der Waals surface area (Å²) in [5, 5.41) is 12.0. The van der Waals surface area contributed by atoms with E-state index in [4.69, 9.17) is 9.26 Å². The fourth-order valence-corrected chi connectivity index (χ4v) is 2.41. The van der Waals surface area contributed by atoms with E-state index in [9.17, 15) is 4.79 Å². The molecule has 22 heavy (non-hydrogen) atoms. The van der Waals surface area contributed by atoms with Gasteiger partial charge in [0.25, 0.3) is 11.8 Å². The summed E-state index contributed by atoms with van der Waals surface area (Å²) in [7, 11) is 0. The lowest BCUT2D eigenvalue weighted by Gasteiger charge is -2.34. The second kappa shape index (κ2) is 5.84. The number of aryl methyl sites for hydroxylation is 2. The SMILES string of the molecule is CCn1ncc(C(=O)N2C[C@@H](C)O[C@@H](c3nc(C)no3)C2)n1. The highest BCUT2D eigenvalue weighted by Gasteiger charge is 2.33. The molecule has 1 fully saturated rings. The predicted octanol–water partition coefficient (Wildman–Crippen LogP) is 0.592. The van der Waals surface area contributed by atoms with Crippen molar-refractivity contribution in [3.63, 3.8) is 0 Å². The van der Waals surface area contributed by atoms with Gasteiger partial charge in [-0.3, -0.25) is 4.79 Å². The number of ether oxygens (including phenoxy) is 1. The largest absolute Gasteiger partial charge is 0.362 e. The first-order chi connectivity index (χ1) is 10.6. The number of rotatable bonds is 3. The number of carbonyl (C=O) groups is 1.